The van der Waals surface area contributed by atoms with Crippen molar-refractivity contribution < 1.29 is 18.7 Å². The number of carbonyl (C=O) groups is 1. The van der Waals surface area contributed by atoms with Crippen molar-refractivity contribution in [2.45, 2.75) is 37.6 Å². The van der Waals surface area contributed by atoms with E-state index in [0.717, 1.165) is 6.42 Å². The lowest BCUT2D eigenvalue weighted by atomic mass is 9.73. The number of benzene rings is 2. The van der Waals surface area contributed by atoms with Gasteiger partial charge in [0.25, 0.3) is 0 Å². The van der Waals surface area contributed by atoms with Crippen LogP contribution in [0.25, 0.3) is 0 Å². The van der Waals surface area contributed by atoms with Crippen molar-refractivity contribution in [2.24, 2.45) is 11.3 Å². The summed E-state index contributed by atoms with van der Waals surface area (Å²) < 4.78 is 26.0. The number of nitrogens with zero attached hydrogens (tertiary/aromatic N) is 1. The Balaban J connectivity index is 1.46. The molecule has 0 aliphatic carbocycles. The van der Waals surface area contributed by atoms with Crippen LogP contribution in [0.1, 0.15) is 36.3 Å². The van der Waals surface area contributed by atoms with Gasteiger partial charge in [-0.15, -0.1) is 0 Å². The molecular formula is C26H30FNO3. The minimum absolute atomic E-state index is 0.175. The highest BCUT2D eigenvalue weighted by Gasteiger charge is 2.51. The van der Waals surface area contributed by atoms with E-state index in [-0.39, 0.29) is 23.7 Å². The molecular weight excluding hydrogens is 393 g/mol. The second-order valence-electron chi connectivity index (χ2n) is 9.23. The number of halogens is 1. The molecule has 0 spiro atoms. The van der Waals surface area contributed by atoms with Crippen LogP contribution in [0.15, 0.2) is 54.6 Å². The number of likely N-dealkylation sites (tertiary alicyclic amines) is 1. The standard InChI is InChI=1S/C26H30FNO3/c27-23-9-5-4-8-20(23)16-26(11-14-30-15-12-26)25(29)28-17-21(19-6-2-1-3-7-19)22-18-31-13-10-24(22)28/h1-9,21-22,24H,10-18H2/t21-,22-,24-/m1/s1. The Labute approximate surface area is 183 Å². The molecule has 0 unspecified atom stereocenters. The quantitative estimate of drug-likeness (QED) is 0.740. The molecule has 5 heteroatoms. The summed E-state index contributed by atoms with van der Waals surface area (Å²) in [6, 6.07) is 17.5. The molecule has 164 valence electrons. The highest BCUT2D eigenvalue weighted by molar-refractivity contribution is 5.84. The second-order valence-corrected chi connectivity index (χ2v) is 9.23. The van der Waals surface area contributed by atoms with Crippen molar-refractivity contribution >= 4 is 5.91 Å². The third-order valence-electron chi connectivity index (χ3n) is 7.55. The summed E-state index contributed by atoms with van der Waals surface area (Å²) in [6.07, 6.45) is 2.58. The van der Waals surface area contributed by atoms with E-state index in [1.54, 1.807) is 6.07 Å². The first-order valence-corrected chi connectivity index (χ1v) is 11.4. The van der Waals surface area contributed by atoms with Gasteiger partial charge in [-0.2, -0.15) is 0 Å². The van der Waals surface area contributed by atoms with Crippen molar-refractivity contribution in [1.29, 1.82) is 0 Å². The van der Waals surface area contributed by atoms with E-state index >= 15 is 0 Å². The van der Waals surface area contributed by atoms with E-state index in [1.165, 1.54) is 11.6 Å². The summed E-state index contributed by atoms with van der Waals surface area (Å²) in [7, 11) is 0. The maximum atomic E-state index is 14.5. The van der Waals surface area contributed by atoms with E-state index in [0.29, 0.717) is 63.7 Å². The molecule has 3 aliphatic heterocycles. The number of amides is 1. The number of hydrogen-bond acceptors (Lipinski definition) is 3. The van der Waals surface area contributed by atoms with E-state index in [1.807, 2.05) is 18.2 Å². The minimum Gasteiger partial charge on any atom is -0.381 e. The number of carbonyl (C=O) groups excluding carboxylic acids is 1. The van der Waals surface area contributed by atoms with Gasteiger partial charge >= 0.3 is 0 Å². The summed E-state index contributed by atoms with van der Waals surface area (Å²) in [5.74, 6) is 0.536. The Hall–Kier alpha value is -2.24. The van der Waals surface area contributed by atoms with Gasteiger partial charge in [-0.3, -0.25) is 4.79 Å². The van der Waals surface area contributed by atoms with Gasteiger partial charge < -0.3 is 14.4 Å². The van der Waals surface area contributed by atoms with Crippen LogP contribution in [0.5, 0.6) is 0 Å². The van der Waals surface area contributed by atoms with E-state index in [9.17, 15) is 9.18 Å². The Morgan fingerprint density at radius 2 is 1.74 bits per heavy atom. The van der Waals surface area contributed by atoms with Gasteiger partial charge in [-0.05, 0) is 42.9 Å². The Kier molecular flexibility index (Phi) is 5.81. The predicted molar refractivity (Wildman–Crippen MR) is 116 cm³/mol. The molecule has 0 bridgehead atoms. The molecule has 0 N–H and O–H groups in total. The highest BCUT2D eigenvalue weighted by Crippen LogP contribution is 2.45. The van der Waals surface area contributed by atoms with Gasteiger partial charge in [0.05, 0.1) is 12.0 Å². The molecule has 3 atom stereocenters. The zero-order valence-electron chi connectivity index (χ0n) is 17.8. The monoisotopic (exact) mass is 423 g/mol. The van der Waals surface area contributed by atoms with Crippen LogP contribution in [0, 0.1) is 17.2 Å². The highest BCUT2D eigenvalue weighted by atomic mass is 19.1. The van der Waals surface area contributed by atoms with Crippen LogP contribution >= 0.6 is 0 Å². The predicted octanol–water partition coefficient (Wildman–Crippen LogP) is 4.20. The lowest BCUT2D eigenvalue weighted by Crippen LogP contribution is -2.51. The number of ether oxygens (including phenoxy) is 2. The van der Waals surface area contributed by atoms with Crippen molar-refractivity contribution in [1.82, 2.24) is 4.90 Å². The smallest absolute Gasteiger partial charge is 0.229 e. The van der Waals surface area contributed by atoms with E-state index in [2.05, 4.69) is 29.2 Å². The van der Waals surface area contributed by atoms with Crippen LogP contribution < -0.4 is 0 Å². The van der Waals surface area contributed by atoms with Crippen LogP contribution in [-0.2, 0) is 20.7 Å². The third kappa shape index (κ3) is 3.90. The van der Waals surface area contributed by atoms with Gasteiger partial charge in [0, 0.05) is 44.2 Å². The zero-order valence-corrected chi connectivity index (χ0v) is 17.8. The Bertz CT molecular complexity index is 912. The van der Waals surface area contributed by atoms with E-state index in [4.69, 9.17) is 9.47 Å². The SMILES string of the molecule is O=C(N1C[C@H](c2ccccc2)[C@H]2COCC[C@H]21)C1(Cc2ccccc2F)CCOCC1. The molecule has 3 fully saturated rings. The van der Waals surface area contributed by atoms with Crippen molar-refractivity contribution in [3.63, 3.8) is 0 Å². The Morgan fingerprint density at radius 3 is 2.52 bits per heavy atom. The zero-order chi connectivity index (χ0) is 21.3. The average molecular weight is 424 g/mol. The summed E-state index contributed by atoms with van der Waals surface area (Å²) >= 11 is 0. The van der Waals surface area contributed by atoms with Gasteiger partial charge in [0.1, 0.15) is 5.82 Å². The maximum absolute atomic E-state index is 14.5. The molecule has 2 aromatic rings. The first-order chi connectivity index (χ1) is 15.2. The molecule has 3 heterocycles. The number of rotatable bonds is 4. The van der Waals surface area contributed by atoms with Crippen LogP contribution in [0.2, 0.25) is 0 Å². The Morgan fingerprint density at radius 1 is 1.00 bits per heavy atom. The maximum Gasteiger partial charge on any atom is 0.229 e. The molecule has 3 aliphatic rings. The summed E-state index contributed by atoms with van der Waals surface area (Å²) in [5, 5.41) is 0. The number of hydrogen-bond donors (Lipinski definition) is 0. The van der Waals surface area contributed by atoms with Crippen LogP contribution in [0.4, 0.5) is 4.39 Å². The fourth-order valence-corrected chi connectivity index (χ4v) is 5.83. The van der Waals surface area contributed by atoms with Crippen molar-refractivity contribution in [3.8, 4) is 0 Å². The van der Waals surface area contributed by atoms with Crippen LogP contribution in [0.3, 0.4) is 0 Å². The van der Waals surface area contributed by atoms with Gasteiger partial charge in [-0.1, -0.05) is 48.5 Å². The van der Waals surface area contributed by atoms with E-state index < -0.39 is 5.41 Å². The van der Waals surface area contributed by atoms with Gasteiger partial charge in [0.15, 0.2) is 0 Å². The first-order valence-electron chi connectivity index (χ1n) is 11.4. The summed E-state index contributed by atoms with van der Waals surface area (Å²) in [4.78, 5) is 16.3. The average Bonchev–Trinajstić information content (AvgIpc) is 3.21. The van der Waals surface area contributed by atoms with Gasteiger partial charge in [-0.25, -0.2) is 4.39 Å². The minimum atomic E-state index is -0.602. The lowest BCUT2D eigenvalue weighted by molar-refractivity contribution is -0.150. The number of fused-ring (bicyclic) bond motifs is 1. The molecule has 1 amide bonds. The topological polar surface area (TPSA) is 38.8 Å². The van der Waals surface area contributed by atoms with Crippen molar-refractivity contribution in [3.05, 3.63) is 71.5 Å². The molecule has 0 radical (unpaired) electrons. The fourth-order valence-electron chi connectivity index (χ4n) is 5.83. The molecule has 0 saturated carbocycles. The summed E-state index contributed by atoms with van der Waals surface area (Å²) in [5.41, 5.74) is 1.29. The first kappa shape index (κ1) is 20.7. The summed E-state index contributed by atoms with van der Waals surface area (Å²) in [6.45, 7) is 3.19. The fraction of sp³-hybridized carbons (Fsp3) is 0.500. The largest absolute Gasteiger partial charge is 0.381 e. The molecule has 5 rings (SSSR count). The molecule has 31 heavy (non-hydrogen) atoms. The molecule has 4 nitrogen and oxygen atoms in total. The normalized spacial score (nSPS) is 27.6. The molecule has 3 saturated heterocycles. The molecule has 2 aromatic carbocycles. The van der Waals surface area contributed by atoms with Gasteiger partial charge in [0.2, 0.25) is 5.91 Å². The lowest BCUT2D eigenvalue weighted by Gasteiger charge is -2.42. The molecule has 0 aromatic heterocycles. The third-order valence-corrected chi connectivity index (χ3v) is 7.55. The van der Waals surface area contributed by atoms with Crippen molar-refractivity contribution in [2.75, 3.05) is 33.0 Å². The van der Waals surface area contributed by atoms with Crippen LogP contribution in [-0.4, -0.2) is 49.8 Å². The second kappa shape index (κ2) is 8.71.